The Morgan fingerprint density at radius 1 is 1.12 bits per heavy atom. The summed E-state index contributed by atoms with van der Waals surface area (Å²) >= 11 is 0. The monoisotopic (exact) mass is 243 g/mol. The smallest absolute Gasteiger partial charge is 0.408 e. The number of nitrogens with zero attached hydrogens (tertiary/aromatic N) is 2. The number of nitrogens with two attached hydrogens (primary N) is 1. The summed E-state index contributed by atoms with van der Waals surface area (Å²) in [5.41, 5.74) is 5.18. The van der Waals surface area contributed by atoms with Gasteiger partial charge in [-0.25, -0.2) is 0 Å². The molecule has 0 spiro atoms. The van der Waals surface area contributed by atoms with Gasteiger partial charge in [-0.15, -0.1) is 5.10 Å². The number of nitrogen functional groups attached to an aromatic ring is 1. The van der Waals surface area contributed by atoms with Gasteiger partial charge in [0.25, 0.3) is 0 Å². The van der Waals surface area contributed by atoms with Gasteiger partial charge in [0, 0.05) is 0 Å². The minimum Gasteiger partial charge on any atom is -0.408 e. The summed E-state index contributed by atoms with van der Waals surface area (Å²) in [5, 5.41) is 7.07. The summed E-state index contributed by atoms with van der Waals surface area (Å²) in [6.45, 7) is 0. The van der Waals surface area contributed by atoms with Gasteiger partial charge in [0.1, 0.15) is 0 Å². The largest absolute Gasteiger partial charge is 0.416 e. The lowest BCUT2D eigenvalue weighted by Gasteiger charge is -2.06. The molecule has 0 radical (unpaired) electrons. The number of aromatic nitrogens is 2. The van der Waals surface area contributed by atoms with Crippen molar-refractivity contribution in [2.24, 2.45) is 0 Å². The van der Waals surface area contributed by atoms with Crippen LogP contribution in [0.25, 0.3) is 0 Å². The van der Waals surface area contributed by atoms with E-state index in [9.17, 15) is 13.2 Å². The summed E-state index contributed by atoms with van der Waals surface area (Å²) in [5.74, 6) is 0.266. The fraction of sp³-hybridized carbons (Fsp3) is 0.200. The molecular formula is C10H8F3N3O. The van der Waals surface area contributed by atoms with Crippen molar-refractivity contribution < 1.29 is 17.6 Å². The minimum absolute atomic E-state index is 0.0630. The van der Waals surface area contributed by atoms with E-state index in [2.05, 4.69) is 10.2 Å². The topological polar surface area (TPSA) is 64.9 Å². The van der Waals surface area contributed by atoms with E-state index in [0.29, 0.717) is 5.56 Å². The molecule has 0 aliphatic rings. The molecule has 7 heteroatoms. The van der Waals surface area contributed by atoms with E-state index in [1.807, 2.05) is 0 Å². The molecule has 90 valence electrons. The zero-order valence-electron chi connectivity index (χ0n) is 8.53. The van der Waals surface area contributed by atoms with E-state index in [1.54, 1.807) is 0 Å². The second kappa shape index (κ2) is 4.08. The quantitative estimate of drug-likeness (QED) is 0.878. The zero-order valence-corrected chi connectivity index (χ0v) is 8.53. The highest BCUT2D eigenvalue weighted by Crippen LogP contribution is 2.29. The van der Waals surface area contributed by atoms with Crippen LogP contribution in [-0.2, 0) is 12.6 Å². The second-order valence-electron chi connectivity index (χ2n) is 3.41. The Labute approximate surface area is 94.3 Å². The van der Waals surface area contributed by atoms with Crippen LogP contribution in [0, 0.1) is 0 Å². The van der Waals surface area contributed by atoms with Gasteiger partial charge in [-0.3, -0.25) is 0 Å². The summed E-state index contributed by atoms with van der Waals surface area (Å²) in [6, 6.07) is 4.68. The van der Waals surface area contributed by atoms with Crippen LogP contribution >= 0.6 is 0 Å². The maximum atomic E-state index is 12.3. The molecule has 0 atom stereocenters. The van der Waals surface area contributed by atoms with E-state index in [0.717, 1.165) is 12.1 Å². The van der Waals surface area contributed by atoms with Crippen molar-refractivity contribution in [1.29, 1.82) is 0 Å². The van der Waals surface area contributed by atoms with Gasteiger partial charge in [0.05, 0.1) is 12.0 Å². The van der Waals surface area contributed by atoms with Crippen molar-refractivity contribution in [2.45, 2.75) is 12.6 Å². The summed E-state index contributed by atoms with van der Waals surface area (Å²) in [4.78, 5) is 0. The van der Waals surface area contributed by atoms with Crippen LogP contribution in [0.5, 0.6) is 0 Å². The van der Waals surface area contributed by atoms with E-state index >= 15 is 0 Å². The van der Waals surface area contributed by atoms with E-state index < -0.39 is 11.7 Å². The first-order chi connectivity index (χ1) is 7.95. The lowest BCUT2D eigenvalue weighted by Crippen LogP contribution is -2.04. The molecule has 4 nitrogen and oxygen atoms in total. The number of anilines is 1. The SMILES string of the molecule is Nc1nnc(Cc2ccc(C(F)(F)F)cc2)o1. The maximum absolute atomic E-state index is 12.3. The molecule has 2 aromatic rings. The molecule has 0 bridgehead atoms. The number of rotatable bonds is 2. The lowest BCUT2D eigenvalue weighted by atomic mass is 10.1. The Hall–Kier alpha value is -2.05. The van der Waals surface area contributed by atoms with Crippen molar-refractivity contribution in [2.75, 3.05) is 5.73 Å². The van der Waals surface area contributed by atoms with Crippen LogP contribution in [-0.4, -0.2) is 10.2 Å². The average Bonchev–Trinajstić information content (AvgIpc) is 2.63. The summed E-state index contributed by atoms with van der Waals surface area (Å²) in [6.07, 6.45) is -4.07. The van der Waals surface area contributed by atoms with E-state index in [-0.39, 0.29) is 18.3 Å². The molecule has 2 rings (SSSR count). The fourth-order valence-electron chi connectivity index (χ4n) is 1.32. The van der Waals surface area contributed by atoms with Crippen molar-refractivity contribution >= 4 is 6.01 Å². The summed E-state index contributed by atoms with van der Waals surface area (Å²) < 4.78 is 41.8. The fourth-order valence-corrected chi connectivity index (χ4v) is 1.32. The van der Waals surface area contributed by atoms with E-state index in [1.165, 1.54) is 12.1 Å². The first-order valence-electron chi connectivity index (χ1n) is 4.69. The standard InChI is InChI=1S/C10H8F3N3O/c11-10(12,13)7-3-1-6(2-4-7)5-8-15-16-9(14)17-8/h1-4H,5H2,(H2,14,16). The molecule has 0 fully saturated rings. The average molecular weight is 243 g/mol. The molecule has 0 saturated carbocycles. The third-order valence-corrected chi connectivity index (χ3v) is 2.12. The van der Waals surface area contributed by atoms with Crippen molar-refractivity contribution in [3.63, 3.8) is 0 Å². The first-order valence-corrected chi connectivity index (χ1v) is 4.69. The van der Waals surface area contributed by atoms with Gasteiger partial charge in [-0.05, 0) is 17.7 Å². The number of hydrogen-bond acceptors (Lipinski definition) is 4. The Morgan fingerprint density at radius 2 is 1.76 bits per heavy atom. The highest BCUT2D eigenvalue weighted by molar-refractivity contribution is 5.26. The zero-order chi connectivity index (χ0) is 12.5. The number of benzene rings is 1. The first kappa shape index (κ1) is 11.4. The molecule has 2 N–H and O–H groups in total. The Morgan fingerprint density at radius 3 is 2.24 bits per heavy atom. The number of alkyl halides is 3. The number of hydrogen-bond donors (Lipinski definition) is 1. The molecule has 0 aliphatic carbocycles. The lowest BCUT2D eigenvalue weighted by molar-refractivity contribution is -0.137. The van der Waals surface area contributed by atoms with Crippen LogP contribution in [0.15, 0.2) is 28.7 Å². The molecule has 1 aromatic carbocycles. The maximum Gasteiger partial charge on any atom is 0.416 e. The van der Waals surface area contributed by atoms with Crippen molar-refractivity contribution in [1.82, 2.24) is 10.2 Å². The van der Waals surface area contributed by atoms with Crippen LogP contribution in [0.4, 0.5) is 19.2 Å². The molecule has 0 amide bonds. The highest BCUT2D eigenvalue weighted by atomic mass is 19.4. The van der Waals surface area contributed by atoms with Crippen molar-refractivity contribution in [3.8, 4) is 0 Å². The summed E-state index contributed by atoms with van der Waals surface area (Å²) in [7, 11) is 0. The Balaban J connectivity index is 2.13. The predicted octanol–water partition coefficient (Wildman–Crippen LogP) is 2.26. The van der Waals surface area contributed by atoms with Gasteiger partial charge < -0.3 is 10.2 Å². The van der Waals surface area contributed by atoms with Gasteiger partial charge in [-0.1, -0.05) is 17.2 Å². The number of halogens is 3. The molecule has 0 aliphatic heterocycles. The third-order valence-electron chi connectivity index (χ3n) is 2.12. The minimum atomic E-state index is -4.33. The van der Waals surface area contributed by atoms with Crippen LogP contribution in [0.2, 0.25) is 0 Å². The van der Waals surface area contributed by atoms with Crippen LogP contribution in [0.1, 0.15) is 17.0 Å². The van der Waals surface area contributed by atoms with Gasteiger partial charge in [-0.2, -0.15) is 13.2 Å². The van der Waals surface area contributed by atoms with Gasteiger partial charge in [0.2, 0.25) is 5.89 Å². The predicted molar refractivity (Wildman–Crippen MR) is 53.0 cm³/mol. The van der Waals surface area contributed by atoms with Crippen LogP contribution in [0.3, 0.4) is 0 Å². The van der Waals surface area contributed by atoms with Gasteiger partial charge in [0.15, 0.2) is 0 Å². The van der Waals surface area contributed by atoms with E-state index in [4.69, 9.17) is 10.2 Å². The Bertz CT molecular complexity index is 504. The third kappa shape index (κ3) is 2.74. The van der Waals surface area contributed by atoms with Crippen molar-refractivity contribution in [3.05, 3.63) is 41.3 Å². The molecule has 17 heavy (non-hydrogen) atoms. The molecule has 1 aromatic heterocycles. The van der Waals surface area contributed by atoms with Gasteiger partial charge >= 0.3 is 12.2 Å². The molecule has 0 unspecified atom stereocenters. The molecule has 1 heterocycles. The highest BCUT2D eigenvalue weighted by Gasteiger charge is 2.29. The molecular weight excluding hydrogens is 235 g/mol. The molecule has 0 saturated heterocycles. The normalized spacial score (nSPS) is 11.7. The van der Waals surface area contributed by atoms with Crippen LogP contribution < -0.4 is 5.73 Å². The second-order valence-corrected chi connectivity index (χ2v) is 3.41. The Kier molecular flexibility index (Phi) is 2.74.